The minimum absolute atomic E-state index is 0.0470. The van der Waals surface area contributed by atoms with Gasteiger partial charge in [-0.2, -0.15) is 4.98 Å². The lowest BCUT2D eigenvalue weighted by Crippen LogP contribution is -2.18. The lowest BCUT2D eigenvalue weighted by molar-refractivity contribution is -0.115. The first kappa shape index (κ1) is 18.6. The van der Waals surface area contributed by atoms with E-state index in [-0.39, 0.29) is 12.3 Å². The van der Waals surface area contributed by atoms with Crippen molar-refractivity contribution in [1.82, 2.24) is 19.6 Å². The molecule has 28 heavy (non-hydrogen) atoms. The fourth-order valence-electron chi connectivity index (χ4n) is 4.08. The molecule has 1 aliphatic rings. The highest BCUT2D eigenvalue weighted by Crippen LogP contribution is 2.31. The van der Waals surface area contributed by atoms with E-state index in [1.165, 1.54) is 19.3 Å². The number of nitrogens with one attached hydrogen (secondary N) is 1. The molecule has 1 amide bonds. The number of carbonyl (C=O) groups is 1. The van der Waals surface area contributed by atoms with Crippen LogP contribution in [0.15, 0.2) is 24.3 Å². The third-order valence-corrected chi connectivity index (χ3v) is 5.79. The van der Waals surface area contributed by atoms with E-state index in [0.29, 0.717) is 11.7 Å². The molecule has 3 aromatic rings. The van der Waals surface area contributed by atoms with Crippen LogP contribution >= 0.6 is 0 Å². The topological polar surface area (TPSA) is 72.2 Å². The van der Waals surface area contributed by atoms with Gasteiger partial charge in [-0.25, -0.2) is 9.50 Å². The summed E-state index contributed by atoms with van der Waals surface area (Å²) in [6.45, 7) is 5.93. The van der Waals surface area contributed by atoms with Crippen LogP contribution in [0.4, 0.5) is 5.69 Å². The monoisotopic (exact) mass is 377 g/mol. The van der Waals surface area contributed by atoms with Crippen molar-refractivity contribution >= 4 is 17.4 Å². The van der Waals surface area contributed by atoms with Gasteiger partial charge in [0.2, 0.25) is 5.91 Å². The average Bonchev–Trinajstić information content (AvgIpc) is 3.12. The van der Waals surface area contributed by atoms with Crippen molar-refractivity contribution in [3.8, 4) is 0 Å². The van der Waals surface area contributed by atoms with Gasteiger partial charge in [0.1, 0.15) is 0 Å². The molecule has 0 saturated heterocycles. The van der Waals surface area contributed by atoms with E-state index in [9.17, 15) is 4.79 Å². The van der Waals surface area contributed by atoms with Gasteiger partial charge in [0.15, 0.2) is 5.82 Å². The smallest absolute Gasteiger partial charge is 0.252 e. The molecule has 2 heterocycles. The summed E-state index contributed by atoms with van der Waals surface area (Å²) in [4.78, 5) is 22.0. The van der Waals surface area contributed by atoms with Crippen molar-refractivity contribution in [2.75, 3.05) is 5.32 Å². The summed E-state index contributed by atoms with van der Waals surface area (Å²) < 4.78 is 1.81. The van der Waals surface area contributed by atoms with Gasteiger partial charge in [0.25, 0.3) is 5.78 Å². The van der Waals surface area contributed by atoms with Crippen LogP contribution in [0.5, 0.6) is 0 Å². The van der Waals surface area contributed by atoms with Gasteiger partial charge in [0.05, 0.1) is 6.42 Å². The summed E-state index contributed by atoms with van der Waals surface area (Å²) in [5.74, 6) is 1.92. The SMILES string of the molecule is Cc1ccccc1NC(=O)Cc1c(C)nc2nc(C3CCCCC3)nn2c1C. The van der Waals surface area contributed by atoms with Crippen molar-refractivity contribution in [2.45, 2.75) is 65.2 Å². The number of carbonyl (C=O) groups excluding carboxylic acids is 1. The number of para-hydroxylation sites is 1. The summed E-state index contributed by atoms with van der Waals surface area (Å²) in [6, 6.07) is 7.80. The molecule has 6 nitrogen and oxygen atoms in total. The summed E-state index contributed by atoms with van der Waals surface area (Å²) >= 11 is 0. The Labute approximate surface area is 165 Å². The third kappa shape index (κ3) is 3.63. The molecule has 1 aromatic carbocycles. The lowest BCUT2D eigenvalue weighted by atomic mass is 9.89. The van der Waals surface area contributed by atoms with Gasteiger partial charge in [0, 0.05) is 28.6 Å². The van der Waals surface area contributed by atoms with Crippen molar-refractivity contribution < 1.29 is 4.79 Å². The molecule has 0 bridgehead atoms. The van der Waals surface area contributed by atoms with E-state index >= 15 is 0 Å². The third-order valence-electron chi connectivity index (χ3n) is 5.79. The van der Waals surface area contributed by atoms with Crippen molar-refractivity contribution in [1.29, 1.82) is 0 Å². The Hall–Kier alpha value is -2.76. The number of aryl methyl sites for hydroxylation is 3. The molecule has 1 fully saturated rings. The van der Waals surface area contributed by atoms with Crippen molar-refractivity contribution in [2.24, 2.45) is 0 Å². The Morgan fingerprint density at radius 1 is 1.11 bits per heavy atom. The van der Waals surface area contributed by atoms with Crippen molar-refractivity contribution in [3.63, 3.8) is 0 Å². The first-order valence-corrected chi connectivity index (χ1v) is 10.1. The zero-order valence-electron chi connectivity index (χ0n) is 16.8. The molecule has 0 radical (unpaired) electrons. The molecule has 4 rings (SSSR count). The molecular formula is C22H27N5O. The summed E-state index contributed by atoms with van der Waals surface area (Å²) in [5, 5.41) is 7.76. The lowest BCUT2D eigenvalue weighted by Gasteiger charge is -2.17. The maximum atomic E-state index is 12.6. The molecule has 0 aliphatic heterocycles. The number of fused-ring (bicyclic) bond motifs is 1. The van der Waals surface area contributed by atoms with Crippen LogP contribution in [0, 0.1) is 20.8 Å². The van der Waals surface area contributed by atoms with Crippen LogP contribution in [0.1, 0.15) is 66.4 Å². The van der Waals surface area contributed by atoms with E-state index in [0.717, 1.165) is 46.9 Å². The fraction of sp³-hybridized carbons (Fsp3) is 0.455. The molecule has 0 unspecified atom stereocenters. The Morgan fingerprint density at radius 2 is 1.86 bits per heavy atom. The highest BCUT2D eigenvalue weighted by Gasteiger charge is 2.22. The number of hydrogen-bond donors (Lipinski definition) is 1. The number of anilines is 1. The van der Waals surface area contributed by atoms with Gasteiger partial charge in [-0.15, -0.1) is 5.10 Å². The van der Waals surface area contributed by atoms with E-state index in [4.69, 9.17) is 10.1 Å². The van der Waals surface area contributed by atoms with Gasteiger partial charge in [-0.1, -0.05) is 37.5 Å². The number of amides is 1. The van der Waals surface area contributed by atoms with Crippen LogP contribution < -0.4 is 5.32 Å². The summed E-state index contributed by atoms with van der Waals surface area (Å²) in [6.07, 6.45) is 6.38. The second kappa shape index (κ2) is 7.70. The van der Waals surface area contributed by atoms with E-state index in [1.807, 2.05) is 49.6 Å². The summed E-state index contributed by atoms with van der Waals surface area (Å²) in [5.41, 5.74) is 4.59. The quantitative estimate of drug-likeness (QED) is 0.737. The maximum absolute atomic E-state index is 12.6. The molecule has 6 heteroatoms. The molecular weight excluding hydrogens is 350 g/mol. The Balaban J connectivity index is 1.60. The molecule has 146 valence electrons. The Bertz CT molecular complexity index is 1020. The molecule has 0 spiro atoms. The molecule has 1 N–H and O–H groups in total. The minimum Gasteiger partial charge on any atom is -0.326 e. The highest BCUT2D eigenvalue weighted by atomic mass is 16.1. The van der Waals surface area contributed by atoms with E-state index < -0.39 is 0 Å². The molecule has 1 saturated carbocycles. The van der Waals surface area contributed by atoms with Crippen molar-refractivity contribution in [3.05, 3.63) is 52.6 Å². The predicted molar refractivity (Wildman–Crippen MR) is 110 cm³/mol. The number of rotatable bonds is 4. The zero-order valence-corrected chi connectivity index (χ0v) is 16.8. The molecule has 1 aliphatic carbocycles. The van der Waals surface area contributed by atoms with Gasteiger partial charge >= 0.3 is 0 Å². The highest BCUT2D eigenvalue weighted by molar-refractivity contribution is 5.93. The molecule has 0 atom stereocenters. The van der Waals surface area contributed by atoms with Crippen LogP contribution in [0.2, 0.25) is 0 Å². The maximum Gasteiger partial charge on any atom is 0.252 e. The van der Waals surface area contributed by atoms with Gasteiger partial charge in [-0.05, 0) is 45.2 Å². The first-order valence-electron chi connectivity index (χ1n) is 10.1. The Morgan fingerprint density at radius 3 is 2.61 bits per heavy atom. The van der Waals surface area contributed by atoms with Crippen LogP contribution in [0.25, 0.3) is 5.78 Å². The number of benzene rings is 1. The Kier molecular flexibility index (Phi) is 5.11. The number of aromatic nitrogens is 4. The fourth-order valence-corrected chi connectivity index (χ4v) is 4.08. The van der Waals surface area contributed by atoms with E-state index in [1.54, 1.807) is 0 Å². The number of nitrogens with zero attached hydrogens (tertiary/aromatic N) is 4. The number of hydrogen-bond acceptors (Lipinski definition) is 4. The first-order chi connectivity index (χ1) is 13.5. The van der Waals surface area contributed by atoms with Gasteiger partial charge in [-0.3, -0.25) is 4.79 Å². The predicted octanol–water partition coefficient (Wildman–Crippen LogP) is 4.28. The second-order valence-electron chi connectivity index (χ2n) is 7.82. The summed E-state index contributed by atoms with van der Waals surface area (Å²) in [7, 11) is 0. The normalized spacial score (nSPS) is 15.1. The van der Waals surface area contributed by atoms with Crippen LogP contribution in [0.3, 0.4) is 0 Å². The van der Waals surface area contributed by atoms with E-state index in [2.05, 4.69) is 10.3 Å². The van der Waals surface area contributed by atoms with Crippen LogP contribution in [-0.2, 0) is 11.2 Å². The average molecular weight is 377 g/mol. The standard InChI is InChI=1S/C22H27N5O/c1-14-9-7-8-12-19(14)24-20(28)13-18-15(2)23-22-25-21(26-27(22)16(18)3)17-10-5-4-6-11-17/h7-9,12,17H,4-6,10-11,13H2,1-3H3,(H,24,28). The zero-order chi connectivity index (χ0) is 19.7. The largest absolute Gasteiger partial charge is 0.326 e. The minimum atomic E-state index is -0.0470. The van der Waals surface area contributed by atoms with Crippen LogP contribution in [-0.4, -0.2) is 25.5 Å². The molecule has 2 aromatic heterocycles. The van der Waals surface area contributed by atoms with Gasteiger partial charge < -0.3 is 5.32 Å². The second-order valence-corrected chi connectivity index (χ2v) is 7.82.